The van der Waals surface area contributed by atoms with Crippen LogP contribution in [0.4, 0.5) is 4.39 Å². The summed E-state index contributed by atoms with van der Waals surface area (Å²) < 4.78 is 25.8. The molecule has 1 saturated heterocycles. The summed E-state index contributed by atoms with van der Waals surface area (Å²) in [6.45, 7) is 2.70. The van der Waals surface area contributed by atoms with Crippen LogP contribution in [-0.2, 0) is 4.74 Å². The summed E-state index contributed by atoms with van der Waals surface area (Å²) in [6.07, 6.45) is 6.48. The Bertz CT molecular complexity index is 1150. The number of pyridine rings is 1. The van der Waals surface area contributed by atoms with Gasteiger partial charge in [-0.2, -0.15) is 4.98 Å². The van der Waals surface area contributed by atoms with Crippen LogP contribution in [0.1, 0.15) is 26.1 Å². The summed E-state index contributed by atoms with van der Waals surface area (Å²) >= 11 is 0. The minimum Gasteiger partial charge on any atom is -0.450 e. The van der Waals surface area contributed by atoms with Gasteiger partial charge in [-0.3, -0.25) is 19.8 Å². The van der Waals surface area contributed by atoms with Crippen LogP contribution in [0.15, 0.2) is 34.6 Å². The Morgan fingerprint density at radius 3 is 2.94 bits per heavy atom. The van der Waals surface area contributed by atoms with E-state index < -0.39 is 18.0 Å². The molecule has 2 N–H and O–H groups in total. The molecule has 0 saturated carbocycles. The lowest BCUT2D eigenvalue weighted by atomic mass is 10.1. The van der Waals surface area contributed by atoms with Gasteiger partial charge in [-0.05, 0) is 25.8 Å². The van der Waals surface area contributed by atoms with Gasteiger partial charge in [-0.1, -0.05) is 0 Å². The Balaban J connectivity index is 1.64. The third-order valence-corrected chi connectivity index (χ3v) is 4.90. The van der Waals surface area contributed by atoms with E-state index in [2.05, 4.69) is 24.9 Å². The maximum Gasteiger partial charge on any atom is 0.298 e. The lowest BCUT2D eigenvalue weighted by molar-refractivity contribution is 0.0870. The van der Waals surface area contributed by atoms with Crippen LogP contribution in [0, 0.1) is 5.41 Å². The maximum absolute atomic E-state index is 13.6. The van der Waals surface area contributed by atoms with Crippen molar-refractivity contribution in [2.75, 3.05) is 13.2 Å². The topological polar surface area (TPSA) is 131 Å². The normalized spacial score (nSPS) is 17.1. The molecule has 4 heterocycles. The van der Waals surface area contributed by atoms with Gasteiger partial charge in [-0.25, -0.2) is 9.37 Å². The molecule has 2 unspecified atom stereocenters. The van der Waals surface area contributed by atoms with Crippen molar-refractivity contribution in [1.82, 2.24) is 24.5 Å². The molecule has 1 fully saturated rings. The number of alkyl halides is 1. The first-order valence-corrected chi connectivity index (χ1v) is 9.90. The number of nitrogens with zero attached hydrogens (tertiary/aromatic N) is 5. The molecule has 0 bridgehead atoms. The fourth-order valence-electron chi connectivity index (χ4n) is 3.22. The second kappa shape index (κ2) is 9.13. The van der Waals surface area contributed by atoms with Crippen molar-refractivity contribution in [3.05, 3.63) is 35.1 Å². The van der Waals surface area contributed by atoms with E-state index >= 15 is 0 Å². The summed E-state index contributed by atoms with van der Waals surface area (Å²) in [6, 6.07) is 1.58. The lowest BCUT2D eigenvalue weighted by Gasteiger charge is -2.18. The average Bonchev–Trinajstić information content (AvgIpc) is 3.27. The van der Waals surface area contributed by atoms with Crippen molar-refractivity contribution in [3.63, 3.8) is 0 Å². The Labute approximate surface area is 176 Å². The second-order valence-electron chi connectivity index (χ2n) is 7.10. The number of imidazole rings is 1. The van der Waals surface area contributed by atoms with Gasteiger partial charge in [0.2, 0.25) is 0 Å². The highest BCUT2D eigenvalue weighted by atomic mass is 19.1. The first kappa shape index (κ1) is 20.8. The van der Waals surface area contributed by atoms with E-state index in [1.54, 1.807) is 0 Å². The van der Waals surface area contributed by atoms with E-state index in [0.717, 1.165) is 19.1 Å². The summed E-state index contributed by atoms with van der Waals surface area (Å²) in [5, 5.41) is 7.91. The zero-order valence-electron chi connectivity index (χ0n) is 16.9. The number of halogens is 1. The van der Waals surface area contributed by atoms with Crippen molar-refractivity contribution >= 4 is 23.3 Å². The summed E-state index contributed by atoms with van der Waals surface area (Å²) in [4.78, 5) is 32.4. The van der Waals surface area contributed by atoms with Crippen LogP contribution >= 0.6 is 0 Å². The fraction of sp³-hybridized carbons (Fsp3) is 0.400. The monoisotopic (exact) mass is 427 g/mol. The zero-order valence-corrected chi connectivity index (χ0v) is 16.9. The minimum absolute atomic E-state index is 0.0723. The molecule has 3 aromatic heterocycles. The van der Waals surface area contributed by atoms with Crippen molar-refractivity contribution in [3.8, 4) is 17.4 Å². The van der Waals surface area contributed by atoms with Crippen LogP contribution in [-0.4, -0.2) is 62.3 Å². The molecule has 3 aromatic rings. The van der Waals surface area contributed by atoms with E-state index in [-0.39, 0.29) is 17.6 Å². The smallest absolute Gasteiger partial charge is 0.298 e. The fourth-order valence-corrected chi connectivity index (χ4v) is 3.22. The van der Waals surface area contributed by atoms with E-state index in [1.165, 1.54) is 42.5 Å². The first-order valence-electron chi connectivity index (χ1n) is 9.90. The van der Waals surface area contributed by atoms with Gasteiger partial charge in [0.15, 0.2) is 12.4 Å². The predicted molar refractivity (Wildman–Crippen MR) is 113 cm³/mol. The number of ether oxygens (including phenoxy) is 2. The molecular weight excluding hydrogens is 405 g/mol. The lowest BCUT2D eigenvalue weighted by Crippen LogP contribution is -2.25. The van der Waals surface area contributed by atoms with E-state index in [9.17, 15) is 9.18 Å². The minimum atomic E-state index is -1.25. The highest BCUT2D eigenvalue weighted by Crippen LogP contribution is 2.24. The van der Waals surface area contributed by atoms with Gasteiger partial charge in [0.25, 0.3) is 11.6 Å². The van der Waals surface area contributed by atoms with Gasteiger partial charge in [0.1, 0.15) is 16.9 Å². The molecule has 0 aromatic carbocycles. The van der Waals surface area contributed by atoms with Crippen LogP contribution in [0.5, 0.6) is 6.01 Å². The zero-order chi connectivity index (χ0) is 21.8. The largest absolute Gasteiger partial charge is 0.450 e. The molecule has 162 valence electrons. The number of aliphatic imine (C=N–C) groups is 1. The van der Waals surface area contributed by atoms with Crippen molar-refractivity contribution in [1.29, 1.82) is 5.41 Å². The molecule has 4 rings (SSSR count). The van der Waals surface area contributed by atoms with Gasteiger partial charge < -0.3 is 19.5 Å². The third kappa shape index (κ3) is 4.66. The summed E-state index contributed by atoms with van der Waals surface area (Å²) in [5.41, 5.74) is 0.550. The SMILES string of the molecule is CC(F)n1cnc(-c2nccc3c(=O)[nH]c(OC(C=N)C=NC4CCOCC4)nc23)c1. The Morgan fingerprint density at radius 2 is 2.23 bits per heavy atom. The number of aromatic amines is 1. The quantitative estimate of drug-likeness (QED) is 0.556. The number of hydrogen-bond acceptors (Lipinski definition) is 8. The third-order valence-electron chi connectivity index (χ3n) is 4.90. The van der Waals surface area contributed by atoms with Crippen molar-refractivity contribution < 1.29 is 13.9 Å². The summed E-state index contributed by atoms with van der Waals surface area (Å²) in [7, 11) is 0. The van der Waals surface area contributed by atoms with Crippen LogP contribution in [0.2, 0.25) is 0 Å². The molecule has 0 aliphatic carbocycles. The molecule has 10 nitrogen and oxygen atoms in total. The number of nitrogens with one attached hydrogen (secondary N) is 2. The Kier molecular flexibility index (Phi) is 6.12. The first-order chi connectivity index (χ1) is 15.0. The maximum atomic E-state index is 13.6. The van der Waals surface area contributed by atoms with Gasteiger partial charge in [-0.15, -0.1) is 0 Å². The average molecular weight is 427 g/mol. The molecule has 31 heavy (non-hydrogen) atoms. The number of fused-ring (bicyclic) bond motifs is 1. The molecule has 0 spiro atoms. The van der Waals surface area contributed by atoms with Gasteiger partial charge in [0, 0.05) is 38.0 Å². The van der Waals surface area contributed by atoms with Crippen LogP contribution in [0.3, 0.4) is 0 Å². The van der Waals surface area contributed by atoms with E-state index in [4.69, 9.17) is 14.9 Å². The molecule has 1 aliphatic rings. The molecule has 11 heteroatoms. The van der Waals surface area contributed by atoms with E-state index in [0.29, 0.717) is 30.0 Å². The number of aromatic nitrogens is 5. The molecule has 2 atom stereocenters. The van der Waals surface area contributed by atoms with Crippen molar-refractivity contribution in [2.45, 2.75) is 38.2 Å². The van der Waals surface area contributed by atoms with Gasteiger partial charge in [0.05, 0.1) is 17.8 Å². The highest BCUT2D eigenvalue weighted by molar-refractivity contribution is 5.90. The number of H-pyrrole nitrogens is 1. The molecule has 0 amide bonds. The van der Waals surface area contributed by atoms with Crippen LogP contribution < -0.4 is 10.3 Å². The number of rotatable bonds is 7. The Hall–Kier alpha value is -3.47. The standard InChI is InChI=1S/C20H22FN7O3/c1-12(21)28-10-16(25-11-28)18-17-15(2-5-23-18)19(29)27-20(26-17)31-14(8-22)9-24-13-3-6-30-7-4-13/h2,5,8-14,22H,3-4,6-7H2,1H3,(H,26,27,29). The molecule has 1 aliphatic heterocycles. The van der Waals surface area contributed by atoms with Crippen LogP contribution in [0.25, 0.3) is 22.3 Å². The van der Waals surface area contributed by atoms with E-state index in [1.807, 2.05) is 0 Å². The second-order valence-corrected chi connectivity index (χ2v) is 7.10. The Morgan fingerprint density at radius 1 is 1.42 bits per heavy atom. The molecule has 0 radical (unpaired) electrons. The molecular formula is C20H22FN7O3. The van der Waals surface area contributed by atoms with Gasteiger partial charge >= 0.3 is 0 Å². The van der Waals surface area contributed by atoms with Crippen molar-refractivity contribution in [2.24, 2.45) is 4.99 Å². The summed E-state index contributed by atoms with van der Waals surface area (Å²) in [5.74, 6) is 0. The number of hydrogen-bond donors (Lipinski definition) is 2. The predicted octanol–water partition coefficient (Wildman–Crippen LogP) is 2.32. The highest BCUT2D eigenvalue weighted by Gasteiger charge is 2.17.